The lowest BCUT2D eigenvalue weighted by Gasteiger charge is -2.14. The van der Waals surface area contributed by atoms with Gasteiger partial charge in [-0.1, -0.05) is 36.4 Å². The Labute approximate surface area is 185 Å². The van der Waals surface area contributed by atoms with Gasteiger partial charge in [-0.05, 0) is 43.4 Å². The zero-order chi connectivity index (χ0) is 22.1. The second-order valence-electron chi connectivity index (χ2n) is 8.23. The molecule has 2 atom stereocenters. The molecule has 162 valence electrons. The number of hydrogen-bond donors (Lipinski definition) is 0. The number of carbonyl (C=O) groups is 1. The van der Waals surface area contributed by atoms with Gasteiger partial charge >= 0.3 is 5.97 Å². The first-order valence-electron chi connectivity index (χ1n) is 10.8. The van der Waals surface area contributed by atoms with Gasteiger partial charge in [-0.2, -0.15) is 10.2 Å². The highest BCUT2D eigenvalue weighted by Crippen LogP contribution is 2.37. The minimum atomic E-state index is -0.205. The summed E-state index contributed by atoms with van der Waals surface area (Å²) in [6, 6.07) is 19.2. The average Bonchev–Trinajstić information content (AvgIpc) is 3.45. The Balaban J connectivity index is 1.57. The summed E-state index contributed by atoms with van der Waals surface area (Å²) in [5.41, 5.74) is 4.22. The van der Waals surface area contributed by atoms with Gasteiger partial charge in [-0.3, -0.25) is 9.59 Å². The highest BCUT2D eigenvalue weighted by Gasteiger charge is 2.29. The second kappa shape index (κ2) is 8.42. The Morgan fingerprint density at radius 1 is 1.03 bits per heavy atom. The van der Waals surface area contributed by atoms with E-state index < -0.39 is 0 Å². The quantitative estimate of drug-likeness (QED) is 0.447. The summed E-state index contributed by atoms with van der Waals surface area (Å²) in [7, 11) is 1.41. The molecule has 5 rings (SSSR count). The second-order valence-corrected chi connectivity index (χ2v) is 8.23. The average molecular weight is 428 g/mol. The van der Waals surface area contributed by atoms with Crippen molar-refractivity contribution in [1.82, 2.24) is 19.4 Å². The SMILES string of the molecule is COC(=O)CC1CCC(n2nc(-c3c(-c4ccccc4)nn4ccccc34)ccc2=O)C1. The van der Waals surface area contributed by atoms with Gasteiger partial charge in [0.15, 0.2) is 0 Å². The third-order valence-electron chi connectivity index (χ3n) is 6.21. The molecular formula is C25H24N4O3. The smallest absolute Gasteiger partial charge is 0.305 e. The summed E-state index contributed by atoms with van der Waals surface area (Å²) in [5, 5.41) is 9.60. The minimum absolute atomic E-state index is 0.0286. The molecule has 2 unspecified atom stereocenters. The first-order chi connectivity index (χ1) is 15.6. The number of pyridine rings is 1. The van der Waals surface area contributed by atoms with Crippen LogP contribution in [0.3, 0.4) is 0 Å². The summed E-state index contributed by atoms with van der Waals surface area (Å²) in [6.07, 6.45) is 4.73. The van der Waals surface area contributed by atoms with Crippen molar-refractivity contribution < 1.29 is 9.53 Å². The van der Waals surface area contributed by atoms with E-state index in [0.29, 0.717) is 12.1 Å². The van der Waals surface area contributed by atoms with Crippen LogP contribution in [0, 0.1) is 5.92 Å². The Hall–Kier alpha value is -3.74. The van der Waals surface area contributed by atoms with Crippen molar-refractivity contribution in [3.05, 3.63) is 77.2 Å². The molecule has 4 aromatic rings. The number of carbonyl (C=O) groups excluding carboxylic acids is 1. The van der Waals surface area contributed by atoms with Crippen LogP contribution in [0.25, 0.3) is 28.0 Å². The number of rotatable bonds is 5. The van der Waals surface area contributed by atoms with Crippen LogP contribution in [0.4, 0.5) is 0 Å². The number of nitrogens with zero attached hydrogens (tertiary/aromatic N) is 4. The lowest BCUT2D eigenvalue weighted by atomic mass is 10.0. The van der Waals surface area contributed by atoms with E-state index in [9.17, 15) is 9.59 Å². The highest BCUT2D eigenvalue weighted by molar-refractivity contribution is 5.90. The van der Waals surface area contributed by atoms with Gasteiger partial charge in [-0.25, -0.2) is 9.20 Å². The number of ether oxygens (including phenoxy) is 1. The van der Waals surface area contributed by atoms with Crippen LogP contribution >= 0.6 is 0 Å². The molecule has 0 amide bonds. The van der Waals surface area contributed by atoms with E-state index in [2.05, 4.69) is 0 Å². The molecule has 1 fully saturated rings. The van der Waals surface area contributed by atoms with E-state index in [4.69, 9.17) is 14.9 Å². The third-order valence-corrected chi connectivity index (χ3v) is 6.21. The molecule has 0 N–H and O–H groups in total. The normalized spacial score (nSPS) is 18.2. The number of esters is 1. The summed E-state index contributed by atoms with van der Waals surface area (Å²) >= 11 is 0. The van der Waals surface area contributed by atoms with Crippen LogP contribution in [0.15, 0.2) is 71.7 Å². The molecule has 3 aromatic heterocycles. The largest absolute Gasteiger partial charge is 0.469 e. The van der Waals surface area contributed by atoms with Crippen LogP contribution in [0.2, 0.25) is 0 Å². The maximum absolute atomic E-state index is 12.7. The number of methoxy groups -OCH3 is 1. The fourth-order valence-electron chi connectivity index (χ4n) is 4.64. The molecule has 1 aliphatic rings. The van der Waals surface area contributed by atoms with Crippen molar-refractivity contribution in [1.29, 1.82) is 0 Å². The Morgan fingerprint density at radius 3 is 2.66 bits per heavy atom. The monoisotopic (exact) mass is 428 g/mol. The van der Waals surface area contributed by atoms with Crippen molar-refractivity contribution in [2.75, 3.05) is 7.11 Å². The van der Waals surface area contributed by atoms with Crippen LogP contribution in [0.5, 0.6) is 0 Å². The van der Waals surface area contributed by atoms with Crippen molar-refractivity contribution in [3.63, 3.8) is 0 Å². The van der Waals surface area contributed by atoms with Gasteiger partial charge in [0.25, 0.3) is 5.56 Å². The number of fused-ring (bicyclic) bond motifs is 1. The number of aromatic nitrogens is 4. The molecule has 0 spiro atoms. The molecule has 0 bridgehead atoms. The molecular weight excluding hydrogens is 404 g/mol. The molecule has 0 saturated heterocycles. The van der Waals surface area contributed by atoms with Gasteiger partial charge < -0.3 is 4.74 Å². The van der Waals surface area contributed by atoms with Crippen LogP contribution in [-0.2, 0) is 9.53 Å². The van der Waals surface area contributed by atoms with Gasteiger partial charge in [-0.15, -0.1) is 0 Å². The molecule has 1 saturated carbocycles. The topological polar surface area (TPSA) is 78.5 Å². The highest BCUT2D eigenvalue weighted by atomic mass is 16.5. The van der Waals surface area contributed by atoms with Crippen molar-refractivity contribution in [2.24, 2.45) is 5.92 Å². The van der Waals surface area contributed by atoms with Crippen molar-refractivity contribution >= 4 is 11.5 Å². The molecule has 1 aromatic carbocycles. The first-order valence-corrected chi connectivity index (χ1v) is 10.8. The van der Waals surface area contributed by atoms with Crippen LogP contribution in [-0.4, -0.2) is 32.5 Å². The van der Waals surface area contributed by atoms with Crippen LogP contribution < -0.4 is 5.56 Å². The molecule has 0 aliphatic heterocycles. The molecule has 3 heterocycles. The summed E-state index contributed by atoms with van der Waals surface area (Å²) < 4.78 is 8.24. The Bertz CT molecular complexity index is 1330. The lowest BCUT2D eigenvalue weighted by Crippen LogP contribution is -2.26. The van der Waals surface area contributed by atoms with E-state index in [1.165, 1.54) is 7.11 Å². The van der Waals surface area contributed by atoms with Gasteiger partial charge in [0.05, 0.1) is 29.9 Å². The van der Waals surface area contributed by atoms with E-state index in [1.54, 1.807) is 16.8 Å². The van der Waals surface area contributed by atoms with Crippen molar-refractivity contribution in [2.45, 2.75) is 31.7 Å². The predicted molar refractivity (Wildman–Crippen MR) is 121 cm³/mol. The van der Waals surface area contributed by atoms with Crippen molar-refractivity contribution in [3.8, 4) is 22.5 Å². The van der Waals surface area contributed by atoms with E-state index in [-0.39, 0.29) is 23.5 Å². The van der Waals surface area contributed by atoms with E-state index in [1.807, 2.05) is 59.2 Å². The van der Waals surface area contributed by atoms with E-state index in [0.717, 1.165) is 41.6 Å². The summed E-state index contributed by atoms with van der Waals surface area (Å²) in [6.45, 7) is 0. The fraction of sp³-hybridized carbons (Fsp3) is 0.280. The lowest BCUT2D eigenvalue weighted by molar-refractivity contribution is -0.141. The third kappa shape index (κ3) is 3.70. The molecule has 7 heteroatoms. The molecule has 1 aliphatic carbocycles. The number of benzene rings is 1. The Kier molecular flexibility index (Phi) is 5.31. The van der Waals surface area contributed by atoms with Gasteiger partial charge in [0.1, 0.15) is 5.69 Å². The Morgan fingerprint density at radius 2 is 1.84 bits per heavy atom. The standard InChI is InChI=1S/C25H24N4O3/c1-32-23(31)16-17-10-11-19(15-17)29-22(30)13-12-20(26-29)24-21-9-5-6-14-28(21)27-25(24)18-7-3-2-4-8-18/h2-9,12-14,17,19H,10-11,15-16H2,1H3. The number of hydrogen-bond acceptors (Lipinski definition) is 5. The fourth-order valence-corrected chi connectivity index (χ4v) is 4.64. The van der Waals surface area contributed by atoms with Crippen LogP contribution in [0.1, 0.15) is 31.7 Å². The predicted octanol–water partition coefficient (Wildman–Crippen LogP) is 4.13. The molecule has 32 heavy (non-hydrogen) atoms. The summed E-state index contributed by atoms with van der Waals surface area (Å²) in [4.78, 5) is 24.4. The zero-order valence-electron chi connectivity index (χ0n) is 17.8. The maximum Gasteiger partial charge on any atom is 0.305 e. The molecule has 0 radical (unpaired) electrons. The van der Waals surface area contributed by atoms with Gasteiger partial charge in [0, 0.05) is 24.2 Å². The molecule has 7 nitrogen and oxygen atoms in total. The minimum Gasteiger partial charge on any atom is -0.469 e. The van der Waals surface area contributed by atoms with E-state index >= 15 is 0 Å². The maximum atomic E-state index is 12.7. The first kappa shape index (κ1) is 20.2. The van der Waals surface area contributed by atoms with Gasteiger partial charge in [0.2, 0.25) is 0 Å². The zero-order valence-corrected chi connectivity index (χ0v) is 17.8. The summed E-state index contributed by atoms with van der Waals surface area (Å²) in [5.74, 6) is 0.00484.